The molecule has 0 radical (unpaired) electrons. The summed E-state index contributed by atoms with van der Waals surface area (Å²) < 4.78 is 4.51. The van der Waals surface area contributed by atoms with E-state index in [-0.39, 0.29) is 17.3 Å². The normalized spacial score (nSPS) is 8.43. The van der Waals surface area contributed by atoms with Gasteiger partial charge in [0.25, 0.3) is 0 Å². The largest absolute Gasteiger partial charge is 0.481 e. The van der Waals surface area contributed by atoms with Gasteiger partial charge in [0.2, 0.25) is 5.24 Å². The van der Waals surface area contributed by atoms with E-state index in [1.54, 1.807) is 0 Å². The Bertz CT molecular complexity index is 318. The number of esters is 1. The van der Waals surface area contributed by atoms with Crippen LogP contribution in [0.5, 0.6) is 0 Å². The fourth-order valence-electron chi connectivity index (χ4n) is 1.69. The highest BCUT2D eigenvalue weighted by Crippen LogP contribution is 2.01. The summed E-state index contributed by atoms with van der Waals surface area (Å²) in [5.41, 5.74) is 0. The zero-order valence-electron chi connectivity index (χ0n) is 20.5. The number of carbonyl (C=O) groups is 3. The number of carboxylic acids is 1. The summed E-state index contributed by atoms with van der Waals surface area (Å²) in [6.07, 6.45) is 10.6. The van der Waals surface area contributed by atoms with E-state index >= 15 is 0 Å². The number of rotatable bonds is 13. The van der Waals surface area contributed by atoms with Crippen molar-refractivity contribution >= 4 is 40.4 Å². The van der Waals surface area contributed by atoms with Crippen LogP contribution < -0.4 is 0 Å². The summed E-state index contributed by atoms with van der Waals surface area (Å²) in [6, 6.07) is -0.0229. The lowest BCUT2D eigenvalue weighted by molar-refractivity contribution is -0.141. The van der Waals surface area contributed by atoms with Gasteiger partial charge in [-0.2, -0.15) is 0 Å². The minimum Gasteiger partial charge on any atom is -0.481 e. The average molecular weight is 476 g/mol. The van der Waals surface area contributed by atoms with Gasteiger partial charge in [0.05, 0.1) is 0 Å². The molecular formula is C23H48Cl2O5. The van der Waals surface area contributed by atoms with Crippen molar-refractivity contribution in [3.8, 4) is 0 Å². The third-order valence-corrected chi connectivity index (χ3v) is 3.47. The molecule has 0 aromatic rings. The van der Waals surface area contributed by atoms with E-state index in [1.165, 1.54) is 0 Å². The molecule has 0 saturated heterocycles. The Morgan fingerprint density at radius 1 is 0.700 bits per heavy atom. The molecule has 0 bridgehead atoms. The van der Waals surface area contributed by atoms with Gasteiger partial charge in [-0.15, -0.1) is 0 Å². The van der Waals surface area contributed by atoms with Crippen molar-refractivity contribution in [1.82, 2.24) is 0 Å². The zero-order valence-corrected chi connectivity index (χ0v) is 22.0. The van der Waals surface area contributed by atoms with Crippen LogP contribution in [0.15, 0.2) is 0 Å². The van der Waals surface area contributed by atoms with Crippen LogP contribution in [0, 0.1) is 0 Å². The predicted molar refractivity (Wildman–Crippen MR) is 130 cm³/mol. The Labute approximate surface area is 196 Å². The standard InChI is InChI=1S/C7H13ClO2.C6H11ClO.C6H12O2.2C2H6/c1-2-3-4-5-7(9)10-6-8;2*1-2-3-4-5-6(7)8;2*1-2/h2-6H2,1H3;2-5H2,1H3;2-5H2,1H3,(H,7,8);2*1-2H3. The monoisotopic (exact) mass is 474 g/mol. The maximum atomic E-state index is 10.6. The minimum atomic E-state index is -0.682. The molecule has 184 valence electrons. The number of ether oxygens (including phenoxy) is 1. The first-order chi connectivity index (χ1) is 14.3. The highest BCUT2D eigenvalue weighted by molar-refractivity contribution is 6.63. The van der Waals surface area contributed by atoms with Gasteiger partial charge in [-0.3, -0.25) is 14.4 Å². The van der Waals surface area contributed by atoms with E-state index < -0.39 is 5.97 Å². The predicted octanol–water partition coefficient (Wildman–Crippen LogP) is 8.34. The number of unbranched alkanes of at least 4 members (excludes halogenated alkanes) is 6. The number of carbonyl (C=O) groups excluding carboxylic acids is 2. The highest BCUT2D eigenvalue weighted by Gasteiger charge is 1.99. The SMILES string of the molecule is CC.CC.CCCCCC(=O)Cl.CCCCCC(=O)O.CCCCCC(=O)OCCl. The molecule has 0 rings (SSSR count). The molecule has 0 unspecified atom stereocenters. The molecule has 7 heteroatoms. The third kappa shape index (κ3) is 63.1. The van der Waals surface area contributed by atoms with E-state index in [2.05, 4.69) is 25.5 Å². The van der Waals surface area contributed by atoms with E-state index in [1.807, 2.05) is 27.7 Å². The van der Waals surface area contributed by atoms with Gasteiger partial charge in [-0.25, -0.2) is 0 Å². The molecule has 0 saturated carbocycles. The molecule has 0 aliphatic rings. The lowest BCUT2D eigenvalue weighted by Crippen LogP contribution is -2.01. The van der Waals surface area contributed by atoms with Crippen molar-refractivity contribution in [3.63, 3.8) is 0 Å². The van der Waals surface area contributed by atoms with Gasteiger partial charge < -0.3 is 9.84 Å². The lowest BCUT2D eigenvalue weighted by atomic mass is 10.2. The Kier molecular flexibility index (Phi) is 55.9. The summed E-state index contributed by atoms with van der Waals surface area (Å²) in [7, 11) is 0. The molecule has 0 heterocycles. The van der Waals surface area contributed by atoms with Crippen molar-refractivity contribution in [3.05, 3.63) is 0 Å². The van der Waals surface area contributed by atoms with Crippen LogP contribution in [-0.2, 0) is 19.1 Å². The van der Waals surface area contributed by atoms with Gasteiger partial charge in [0, 0.05) is 19.3 Å². The van der Waals surface area contributed by atoms with Crippen molar-refractivity contribution in [2.75, 3.05) is 6.07 Å². The van der Waals surface area contributed by atoms with E-state index in [0.717, 1.165) is 57.8 Å². The van der Waals surface area contributed by atoms with E-state index in [0.29, 0.717) is 19.3 Å². The Morgan fingerprint density at radius 2 is 1.07 bits per heavy atom. The van der Waals surface area contributed by atoms with E-state index in [9.17, 15) is 14.4 Å². The molecule has 0 amide bonds. The maximum Gasteiger partial charge on any atom is 0.306 e. The van der Waals surface area contributed by atoms with E-state index in [4.69, 9.17) is 28.3 Å². The summed E-state index contributed by atoms with van der Waals surface area (Å²) in [6.45, 7) is 14.2. The number of hydrogen-bond acceptors (Lipinski definition) is 4. The second-order valence-corrected chi connectivity index (χ2v) is 6.39. The third-order valence-electron chi connectivity index (χ3n) is 3.17. The molecule has 0 spiro atoms. The molecule has 1 N–H and O–H groups in total. The number of aliphatic carboxylic acids is 1. The van der Waals surface area contributed by atoms with Crippen LogP contribution in [0.1, 0.15) is 126 Å². The first kappa shape index (κ1) is 39.6. The first-order valence-corrected chi connectivity index (χ1v) is 12.4. The molecule has 0 aliphatic heterocycles. The minimum absolute atomic E-state index is 0.0229. The second kappa shape index (κ2) is 42.3. The highest BCUT2D eigenvalue weighted by atomic mass is 35.5. The Balaban J connectivity index is -0.0000000965. The summed E-state index contributed by atoms with van der Waals surface area (Å²) in [4.78, 5) is 30.6. The number of halogens is 2. The fourth-order valence-corrected chi connectivity index (χ4v) is 1.95. The fraction of sp³-hybridized carbons (Fsp3) is 0.870. The maximum absolute atomic E-state index is 10.6. The molecule has 5 nitrogen and oxygen atoms in total. The molecule has 0 aromatic heterocycles. The van der Waals surface area contributed by atoms with Crippen molar-refractivity contribution in [1.29, 1.82) is 0 Å². The topological polar surface area (TPSA) is 80.7 Å². The van der Waals surface area contributed by atoms with Crippen LogP contribution in [0.2, 0.25) is 0 Å². The molecule has 0 atom stereocenters. The Morgan fingerprint density at radius 3 is 1.37 bits per heavy atom. The second-order valence-electron chi connectivity index (χ2n) is 5.75. The molecular weight excluding hydrogens is 427 g/mol. The number of alkyl halides is 1. The molecule has 0 fully saturated rings. The van der Waals surface area contributed by atoms with Crippen LogP contribution in [0.25, 0.3) is 0 Å². The summed E-state index contributed by atoms with van der Waals surface area (Å²) in [5, 5.41) is 7.93. The first-order valence-electron chi connectivity index (χ1n) is 11.5. The zero-order chi connectivity index (χ0) is 24.6. The average Bonchev–Trinajstić information content (AvgIpc) is 2.72. The lowest BCUT2D eigenvalue weighted by Gasteiger charge is -1.98. The van der Waals surface area contributed by atoms with Gasteiger partial charge >= 0.3 is 11.9 Å². The summed E-state index contributed by atoms with van der Waals surface area (Å²) in [5.74, 6) is -0.873. The van der Waals surface area contributed by atoms with Crippen LogP contribution >= 0.6 is 23.2 Å². The van der Waals surface area contributed by atoms with Crippen LogP contribution in [-0.4, -0.2) is 28.4 Å². The molecule has 0 aromatic carbocycles. The van der Waals surface area contributed by atoms with Crippen molar-refractivity contribution in [2.45, 2.75) is 126 Å². The van der Waals surface area contributed by atoms with Gasteiger partial charge in [0.15, 0.2) is 6.07 Å². The number of carboxylic acid groups (broad SMARTS) is 1. The number of hydrogen-bond donors (Lipinski definition) is 1. The smallest absolute Gasteiger partial charge is 0.306 e. The van der Waals surface area contributed by atoms with Crippen molar-refractivity contribution in [2.24, 2.45) is 0 Å². The summed E-state index contributed by atoms with van der Waals surface area (Å²) >= 11 is 10.2. The molecule has 0 aliphatic carbocycles. The van der Waals surface area contributed by atoms with Gasteiger partial charge in [0.1, 0.15) is 0 Å². The quantitative estimate of drug-likeness (QED) is 0.125. The van der Waals surface area contributed by atoms with Crippen LogP contribution in [0.3, 0.4) is 0 Å². The molecule has 30 heavy (non-hydrogen) atoms. The van der Waals surface area contributed by atoms with Gasteiger partial charge in [-0.1, -0.05) is 98.6 Å². The van der Waals surface area contributed by atoms with Crippen molar-refractivity contribution < 1.29 is 24.2 Å². The van der Waals surface area contributed by atoms with Crippen LogP contribution in [0.4, 0.5) is 0 Å². The Hall–Kier alpha value is -0.810. The van der Waals surface area contributed by atoms with Gasteiger partial charge in [-0.05, 0) is 30.9 Å².